The largest absolute Gasteiger partial charge is 0.475 e. The van der Waals surface area contributed by atoms with Gasteiger partial charge in [0.05, 0.1) is 4.90 Å². The van der Waals surface area contributed by atoms with Crippen molar-refractivity contribution in [2.45, 2.75) is 10.4 Å². The third-order valence-corrected chi connectivity index (χ3v) is 3.18. The Bertz CT molecular complexity index is 384. The van der Waals surface area contributed by atoms with Crippen LogP contribution >= 0.6 is 27.5 Å². The molecular weight excluding hydrogens is 306 g/mol. The third-order valence-electron chi connectivity index (χ3n) is 1.19. The summed E-state index contributed by atoms with van der Waals surface area (Å²) in [6, 6.07) is 2.26. The number of alkyl halides is 3. The molecule has 1 aromatic rings. The van der Waals surface area contributed by atoms with Gasteiger partial charge in [0.25, 0.3) is 0 Å². The molecule has 0 spiro atoms. The molecular formula is C6H2BrClF3NOS. The van der Waals surface area contributed by atoms with Gasteiger partial charge in [-0.2, -0.15) is 13.2 Å². The summed E-state index contributed by atoms with van der Waals surface area (Å²) in [5.74, 6) is 0. The molecule has 0 aromatic carbocycles. The van der Waals surface area contributed by atoms with Crippen molar-refractivity contribution in [3.63, 3.8) is 0 Å². The van der Waals surface area contributed by atoms with Crippen molar-refractivity contribution in [3.8, 4) is 0 Å². The van der Waals surface area contributed by atoms with Crippen LogP contribution in [0.3, 0.4) is 0 Å². The minimum Gasteiger partial charge on any atom is -0.245 e. The lowest BCUT2D eigenvalue weighted by Crippen LogP contribution is -2.16. The fourth-order valence-electron chi connectivity index (χ4n) is 0.662. The Hall–Kier alpha value is -0.140. The lowest BCUT2D eigenvalue weighted by molar-refractivity contribution is -0.0384. The molecule has 0 radical (unpaired) electrons. The van der Waals surface area contributed by atoms with Gasteiger partial charge in [0, 0.05) is 0 Å². The Kier molecular flexibility index (Phi) is 3.54. The Balaban J connectivity index is 3.15. The number of hydrogen-bond donors (Lipinski definition) is 0. The highest BCUT2D eigenvalue weighted by molar-refractivity contribution is 9.10. The quantitative estimate of drug-likeness (QED) is 0.746. The second-order valence-corrected chi connectivity index (χ2v) is 4.75. The van der Waals surface area contributed by atoms with E-state index in [0.29, 0.717) is 0 Å². The molecule has 0 aliphatic rings. The van der Waals surface area contributed by atoms with Gasteiger partial charge in [0.1, 0.15) is 9.76 Å². The van der Waals surface area contributed by atoms with E-state index in [9.17, 15) is 17.4 Å². The molecule has 1 aromatic heterocycles. The maximum atomic E-state index is 12.0. The molecule has 0 saturated carbocycles. The molecule has 0 N–H and O–H groups in total. The highest BCUT2D eigenvalue weighted by Gasteiger charge is 2.39. The molecule has 0 bridgehead atoms. The topological polar surface area (TPSA) is 30.0 Å². The number of aromatic nitrogens is 1. The Morgan fingerprint density at radius 3 is 2.43 bits per heavy atom. The minimum absolute atomic E-state index is 0.283. The van der Waals surface area contributed by atoms with Crippen molar-refractivity contribution in [2.75, 3.05) is 0 Å². The second-order valence-electron chi connectivity index (χ2n) is 2.14. The van der Waals surface area contributed by atoms with Crippen molar-refractivity contribution in [3.05, 3.63) is 21.9 Å². The summed E-state index contributed by atoms with van der Waals surface area (Å²) >= 11 is 8.32. The van der Waals surface area contributed by atoms with Crippen LogP contribution in [0.5, 0.6) is 0 Å². The van der Waals surface area contributed by atoms with Gasteiger partial charge in [-0.3, -0.25) is 0 Å². The summed E-state index contributed by atoms with van der Waals surface area (Å²) < 4.78 is 47.2. The number of hydrogen-bond acceptors (Lipinski definition) is 2. The van der Waals surface area contributed by atoms with Crippen molar-refractivity contribution in [2.24, 2.45) is 0 Å². The first-order valence-corrected chi connectivity index (χ1v) is 5.45. The molecule has 0 unspecified atom stereocenters. The van der Waals surface area contributed by atoms with Crippen molar-refractivity contribution in [1.82, 2.24) is 4.98 Å². The van der Waals surface area contributed by atoms with Gasteiger partial charge in [0.15, 0.2) is 10.8 Å². The van der Waals surface area contributed by atoms with E-state index in [4.69, 9.17) is 11.6 Å². The molecule has 0 saturated heterocycles. The molecule has 0 amide bonds. The zero-order valence-electron chi connectivity index (χ0n) is 6.31. The first-order valence-electron chi connectivity index (χ1n) is 3.13. The van der Waals surface area contributed by atoms with Gasteiger partial charge in [0.2, 0.25) is 0 Å². The van der Waals surface area contributed by atoms with Gasteiger partial charge < -0.3 is 0 Å². The first-order chi connectivity index (χ1) is 6.32. The molecule has 0 aliphatic heterocycles. The van der Waals surface area contributed by atoms with Gasteiger partial charge in [-0.25, -0.2) is 9.19 Å². The van der Waals surface area contributed by atoms with Crippen molar-refractivity contribution >= 4 is 38.3 Å². The van der Waals surface area contributed by atoms with E-state index in [-0.39, 0.29) is 4.60 Å². The van der Waals surface area contributed by atoms with E-state index in [1.807, 2.05) is 0 Å². The molecule has 14 heavy (non-hydrogen) atoms. The van der Waals surface area contributed by atoms with E-state index < -0.39 is 26.4 Å². The van der Waals surface area contributed by atoms with Crippen LogP contribution in [-0.2, 0) is 10.8 Å². The van der Waals surface area contributed by atoms with Gasteiger partial charge in [-0.05, 0) is 28.1 Å². The van der Waals surface area contributed by atoms with Crippen molar-refractivity contribution < 1.29 is 17.4 Å². The SMILES string of the molecule is O=[S@](c1ccc(Br)nc1Cl)C(F)(F)F. The van der Waals surface area contributed by atoms with E-state index >= 15 is 0 Å². The zero-order chi connectivity index (χ0) is 10.9. The van der Waals surface area contributed by atoms with Crippen LogP contribution in [0.2, 0.25) is 5.15 Å². The van der Waals surface area contributed by atoms with Crippen LogP contribution in [0.1, 0.15) is 0 Å². The number of nitrogens with zero attached hydrogens (tertiary/aromatic N) is 1. The second kappa shape index (κ2) is 4.16. The Morgan fingerprint density at radius 1 is 1.43 bits per heavy atom. The third kappa shape index (κ3) is 2.68. The monoisotopic (exact) mass is 307 g/mol. The molecule has 1 heterocycles. The van der Waals surface area contributed by atoms with E-state index in [1.54, 1.807) is 0 Å². The van der Waals surface area contributed by atoms with E-state index in [1.165, 1.54) is 6.07 Å². The van der Waals surface area contributed by atoms with Crippen molar-refractivity contribution in [1.29, 1.82) is 0 Å². The van der Waals surface area contributed by atoms with Crippen LogP contribution < -0.4 is 0 Å². The van der Waals surface area contributed by atoms with Gasteiger partial charge >= 0.3 is 5.51 Å². The highest BCUT2D eigenvalue weighted by atomic mass is 79.9. The zero-order valence-corrected chi connectivity index (χ0v) is 9.47. The standard InChI is InChI=1S/C6H2BrClF3NOS/c7-4-2-1-3(5(8)12-4)14(13)6(9,10)11/h1-2H/t14-/m1/s1. The number of halogens is 5. The van der Waals surface area contributed by atoms with Gasteiger partial charge in [-0.1, -0.05) is 11.6 Å². The van der Waals surface area contributed by atoms with Crippen LogP contribution in [0, 0.1) is 0 Å². The number of pyridine rings is 1. The lowest BCUT2D eigenvalue weighted by atomic mass is 10.5. The summed E-state index contributed by atoms with van der Waals surface area (Å²) in [6.07, 6.45) is 0. The molecule has 78 valence electrons. The average Bonchev–Trinajstić information content (AvgIpc) is 2.01. The summed E-state index contributed by atoms with van der Waals surface area (Å²) in [5, 5.41) is -0.421. The van der Waals surface area contributed by atoms with E-state index in [0.717, 1.165) is 6.07 Å². The fourth-order valence-corrected chi connectivity index (χ4v) is 2.08. The maximum absolute atomic E-state index is 12.0. The average molecular weight is 309 g/mol. The summed E-state index contributed by atoms with van der Waals surface area (Å²) in [4.78, 5) is 2.96. The molecule has 0 fully saturated rings. The normalized spacial score (nSPS) is 14.1. The predicted octanol–water partition coefficient (Wildman–Crippen LogP) is 3.12. The highest BCUT2D eigenvalue weighted by Crippen LogP contribution is 2.30. The maximum Gasteiger partial charge on any atom is 0.475 e. The number of rotatable bonds is 1. The summed E-state index contributed by atoms with van der Waals surface area (Å²) in [5.41, 5.74) is -4.82. The smallest absolute Gasteiger partial charge is 0.245 e. The minimum atomic E-state index is -4.82. The molecule has 1 atom stereocenters. The summed E-state index contributed by atoms with van der Waals surface area (Å²) in [6.45, 7) is 0. The molecule has 1 rings (SSSR count). The van der Waals surface area contributed by atoms with Gasteiger partial charge in [-0.15, -0.1) is 0 Å². The van der Waals surface area contributed by atoms with Crippen LogP contribution in [-0.4, -0.2) is 14.7 Å². The molecule has 0 aliphatic carbocycles. The van der Waals surface area contributed by atoms with Crippen LogP contribution in [0.15, 0.2) is 21.6 Å². The van der Waals surface area contributed by atoms with Crippen LogP contribution in [0.4, 0.5) is 13.2 Å². The lowest BCUT2D eigenvalue weighted by Gasteiger charge is -2.06. The predicted molar refractivity (Wildman–Crippen MR) is 49.4 cm³/mol. The van der Waals surface area contributed by atoms with Crippen LogP contribution in [0.25, 0.3) is 0 Å². The molecule has 8 heteroatoms. The fraction of sp³-hybridized carbons (Fsp3) is 0.167. The van der Waals surface area contributed by atoms with E-state index in [2.05, 4.69) is 20.9 Å². The Morgan fingerprint density at radius 2 is 2.00 bits per heavy atom. The Labute approximate surface area is 93.1 Å². The summed E-state index contributed by atoms with van der Waals surface area (Å²) in [7, 11) is -3.14. The first kappa shape index (κ1) is 11.9. The molecule has 2 nitrogen and oxygen atoms in total.